The average Bonchev–Trinajstić information content (AvgIpc) is 3.24. The Morgan fingerprint density at radius 2 is 2.03 bits per heavy atom. The number of amides is 1. The predicted octanol–water partition coefficient (Wildman–Crippen LogP) is 1.77. The van der Waals surface area contributed by atoms with Crippen molar-refractivity contribution in [2.75, 3.05) is 27.2 Å². The number of carbonyl (C=O) groups is 2. The van der Waals surface area contributed by atoms with Crippen LogP contribution in [0.3, 0.4) is 0 Å². The van der Waals surface area contributed by atoms with E-state index in [0.717, 1.165) is 25.3 Å². The van der Waals surface area contributed by atoms with Gasteiger partial charge in [0.1, 0.15) is 6.61 Å². The largest absolute Gasteiger partial charge is 0.490 e. The van der Waals surface area contributed by atoms with Crippen LogP contribution in [-0.2, 0) is 34.0 Å². The lowest BCUT2D eigenvalue weighted by Gasteiger charge is -2.24. The van der Waals surface area contributed by atoms with E-state index in [1.807, 2.05) is 29.4 Å². The molecule has 3 heterocycles. The lowest BCUT2D eigenvalue weighted by atomic mass is 10.3. The highest BCUT2D eigenvalue weighted by atomic mass is 32.1. The van der Waals surface area contributed by atoms with Crippen molar-refractivity contribution >= 4 is 23.2 Å². The zero-order valence-corrected chi connectivity index (χ0v) is 18.1. The molecule has 0 fully saturated rings. The van der Waals surface area contributed by atoms with Crippen LogP contribution in [0.4, 0.5) is 13.2 Å². The fourth-order valence-corrected chi connectivity index (χ4v) is 3.53. The Morgan fingerprint density at radius 1 is 1.35 bits per heavy atom. The molecule has 0 spiro atoms. The Kier molecular flexibility index (Phi) is 8.53. The van der Waals surface area contributed by atoms with Crippen molar-refractivity contribution in [1.29, 1.82) is 0 Å². The molecular formula is C18H24F3N5O4S. The van der Waals surface area contributed by atoms with Gasteiger partial charge in [-0.2, -0.15) is 18.3 Å². The SMILES string of the molecule is Cc1ncsc1CN1Cc2ccnn2CC(OCC(=O)N(C)C)C1.O=C(O)C(F)(F)F. The zero-order valence-electron chi connectivity index (χ0n) is 17.3. The minimum Gasteiger partial charge on any atom is -0.475 e. The van der Waals surface area contributed by atoms with Crippen molar-refractivity contribution < 1.29 is 32.6 Å². The lowest BCUT2D eigenvalue weighted by Crippen LogP contribution is -2.36. The first kappa shape index (κ1) is 24.8. The molecule has 1 N–H and O–H groups in total. The number of carboxylic acids is 1. The number of ether oxygens (including phenoxy) is 1. The number of fused-ring (bicyclic) bond motifs is 1. The van der Waals surface area contributed by atoms with E-state index in [0.29, 0.717) is 6.54 Å². The number of halogens is 3. The van der Waals surface area contributed by atoms with Gasteiger partial charge in [-0.1, -0.05) is 0 Å². The van der Waals surface area contributed by atoms with Crippen molar-refractivity contribution in [3.63, 3.8) is 0 Å². The number of alkyl halides is 3. The van der Waals surface area contributed by atoms with Crippen LogP contribution in [0.2, 0.25) is 0 Å². The topological polar surface area (TPSA) is 101 Å². The molecule has 1 unspecified atom stereocenters. The molecule has 0 saturated heterocycles. The third-order valence-electron chi connectivity index (χ3n) is 4.42. The highest BCUT2D eigenvalue weighted by molar-refractivity contribution is 7.09. The number of thiazole rings is 1. The molecule has 0 aromatic carbocycles. The Balaban J connectivity index is 0.000000423. The van der Waals surface area contributed by atoms with Crippen LogP contribution < -0.4 is 0 Å². The highest BCUT2D eigenvalue weighted by Crippen LogP contribution is 2.20. The number of hydrogen-bond acceptors (Lipinski definition) is 7. The number of rotatable bonds is 5. The molecule has 2 aromatic heterocycles. The molecule has 1 amide bonds. The van der Waals surface area contributed by atoms with Gasteiger partial charge in [-0.05, 0) is 13.0 Å². The standard InChI is InChI=1S/C16H23N5O2S.C2HF3O2/c1-12-15(24-11-17-12)9-20-6-13-4-5-18-21(13)8-14(7-20)23-10-16(22)19(2)3;3-2(4,5)1(6)7/h4-5,11,14H,6-10H2,1-3H3;(H,6,7). The summed E-state index contributed by atoms with van der Waals surface area (Å²) in [6.45, 7) is 5.23. The summed E-state index contributed by atoms with van der Waals surface area (Å²) in [6, 6.07) is 2.04. The molecule has 0 bridgehead atoms. The van der Waals surface area contributed by atoms with Crippen LogP contribution in [-0.4, -0.2) is 81.1 Å². The van der Waals surface area contributed by atoms with E-state index in [-0.39, 0.29) is 18.6 Å². The first-order chi connectivity index (χ1) is 14.5. The van der Waals surface area contributed by atoms with Gasteiger partial charge in [0.05, 0.1) is 29.5 Å². The second-order valence-electron chi connectivity index (χ2n) is 7.06. The van der Waals surface area contributed by atoms with Crippen molar-refractivity contribution in [2.24, 2.45) is 0 Å². The second kappa shape index (κ2) is 10.7. The minimum absolute atomic E-state index is 0.0233. The van der Waals surface area contributed by atoms with Crippen LogP contribution in [0.5, 0.6) is 0 Å². The fourth-order valence-electron chi connectivity index (χ4n) is 2.72. The van der Waals surface area contributed by atoms with E-state index in [9.17, 15) is 18.0 Å². The Morgan fingerprint density at radius 3 is 2.58 bits per heavy atom. The van der Waals surface area contributed by atoms with Crippen LogP contribution in [0, 0.1) is 6.92 Å². The van der Waals surface area contributed by atoms with Crippen LogP contribution in [0.25, 0.3) is 0 Å². The van der Waals surface area contributed by atoms with Gasteiger partial charge >= 0.3 is 12.1 Å². The minimum atomic E-state index is -5.08. The average molecular weight is 463 g/mol. The van der Waals surface area contributed by atoms with Gasteiger partial charge in [-0.3, -0.25) is 14.4 Å². The summed E-state index contributed by atoms with van der Waals surface area (Å²) in [6.07, 6.45) is -3.33. The number of carboxylic acid groups (broad SMARTS) is 1. The summed E-state index contributed by atoms with van der Waals surface area (Å²) in [5.74, 6) is -2.78. The number of aryl methyl sites for hydroxylation is 1. The summed E-state index contributed by atoms with van der Waals surface area (Å²) >= 11 is 1.68. The molecular weight excluding hydrogens is 439 g/mol. The molecule has 3 rings (SSSR count). The third-order valence-corrected chi connectivity index (χ3v) is 5.34. The molecule has 1 aliphatic heterocycles. The van der Waals surface area contributed by atoms with E-state index in [1.165, 1.54) is 10.6 Å². The Hall–Kier alpha value is -2.51. The summed E-state index contributed by atoms with van der Waals surface area (Å²) in [5, 5.41) is 11.5. The Labute approximate surface area is 181 Å². The van der Waals surface area contributed by atoms with Crippen LogP contribution in [0.1, 0.15) is 16.3 Å². The molecule has 13 heteroatoms. The normalized spacial score (nSPS) is 16.6. The molecule has 1 aliphatic rings. The van der Waals surface area contributed by atoms with Gasteiger partial charge in [0.15, 0.2) is 0 Å². The predicted molar refractivity (Wildman–Crippen MR) is 105 cm³/mol. The first-order valence-electron chi connectivity index (χ1n) is 9.21. The lowest BCUT2D eigenvalue weighted by molar-refractivity contribution is -0.192. The molecule has 0 radical (unpaired) electrons. The second-order valence-corrected chi connectivity index (χ2v) is 8.00. The van der Waals surface area contributed by atoms with Gasteiger partial charge < -0.3 is 14.7 Å². The fraction of sp³-hybridized carbons (Fsp3) is 0.556. The van der Waals surface area contributed by atoms with Crippen molar-refractivity contribution in [3.05, 3.63) is 34.0 Å². The van der Waals surface area contributed by atoms with E-state index < -0.39 is 12.1 Å². The zero-order chi connectivity index (χ0) is 23.2. The summed E-state index contributed by atoms with van der Waals surface area (Å²) in [4.78, 5) is 30.2. The number of nitrogens with zero attached hydrogens (tertiary/aromatic N) is 5. The van der Waals surface area contributed by atoms with Gasteiger partial charge in [-0.15, -0.1) is 11.3 Å². The monoisotopic (exact) mass is 463 g/mol. The molecule has 0 aliphatic carbocycles. The van der Waals surface area contributed by atoms with E-state index >= 15 is 0 Å². The first-order valence-corrected chi connectivity index (χ1v) is 10.1. The quantitative estimate of drug-likeness (QED) is 0.721. The molecule has 31 heavy (non-hydrogen) atoms. The molecule has 9 nitrogen and oxygen atoms in total. The third kappa shape index (κ3) is 7.60. The maximum atomic E-state index is 11.8. The molecule has 2 aromatic rings. The van der Waals surface area contributed by atoms with E-state index in [2.05, 4.69) is 15.0 Å². The smallest absolute Gasteiger partial charge is 0.475 e. The van der Waals surface area contributed by atoms with Gasteiger partial charge in [0.25, 0.3) is 0 Å². The number of carbonyl (C=O) groups excluding carboxylic acids is 1. The summed E-state index contributed by atoms with van der Waals surface area (Å²) in [7, 11) is 3.48. The van der Waals surface area contributed by atoms with Crippen molar-refractivity contribution in [1.82, 2.24) is 24.6 Å². The van der Waals surface area contributed by atoms with Crippen molar-refractivity contribution in [3.8, 4) is 0 Å². The van der Waals surface area contributed by atoms with E-state index in [1.54, 1.807) is 30.3 Å². The van der Waals surface area contributed by atoms with Gasteiger partial charge in [0.2, 0.25) is 5.91 Å². The summed E-state index contributed by atoms with van der Waals surface area (Å²) in [5.41, 5.74) is 4.14. The molecule has 1 atom stereocenters. The molecule has 0 saturated carbocycles. The number of aromatic nitrogens is 3. The highest BCUT2D eigenvalue weighted by Gasteiger charge is 2.38. The maximum Gasteiger partial charge on any atom is 0.490 e. The number of hydrogen-bond donors (Lipinski definition) is 1. The number of likely N-dealkylation sites (N-methyl/N-ethyl adjacent to an activating group) is 1. The molecule has 172 valence electrons. The van der Waals surface area contributed by atoms with Gasteiger partial charge in [-0.25, -0.2) is 9.78 Å². The van der Waals surface area contributed by atoms with Crippen LogP contribution in [0.15, 0.2) is 17.8 Å². The van der Waals surface area contributed by atoms with Crippen LogP contribution >= 0.6 is 11.3 Å². The van der Waals surface area contributed by atoms with Crippen molar-refractivity contribution in [2.45, 2.75) is 38.8 Å². The number of aliphatic carboxylic acids is 1. The maximum absolute atomic E-state index is 11.8. The Bertz CT molecular complexity index is 884. The summed E-state index contributed by atoms with van der Waals surface area (Å²) < 4.78 is 39.6. The van der Waals surface area contributed by atoms with Gasteiger partial charge in [0, 0.05) is 44.8 Å². The van der Waals surface area contributed by atoms with E-state index in [4.69, 9.17) is 14.6 Å².